The molecule has 0 unspecified atom stereocenters. The van der Waals surface area contributed by atoms with Gasteiger partial charge in [-0.05, 0) is 19.8 Å². The molecule has 0 aliphatic heterocycles. The zero-order valence-corrected chi connectivity index (χ0v) is 12.2. The van der Waals surface area contributed by atoms with Gasteiger partial charge in [-0.2, -0.15) is 0 Å². The SMILES string of the molecule is C[C@@H](Sc1nncs1)C(=O)NC(=O)NC1CCCC1. The second-order valence-corrected chi connectivity index (χ2v) is 6.83. The van der Waals surface area contributed by atoms with Crippen LogP contribution in [0.2, 0.25) is 0 Å². The number of thioether (sulfide) groups is 1. The number of urea groups is 1. The van der Waals surface area contributed by atoms with Gasteiger partial charge in [0, 0.05) is 6.04 Å². The van der Waals surface area contributed by atoms with E-state index in [9.17, 15) is 9.59 Å². The number of carbonyl (C=O) groups excluding carboxylic acids is 2. The van der Waals surface area contributed by atoms with Crippen LogP contribution in [0.25, 0.3) is 0 Å². The lowest BCUT2D eigenvalue weighted by molar-refractivity contribution is -0.119. The molecule has 0 aromatic carbocycles. The highest BCUT2D eigenvalue weighted by Gasteiger charge is 2.21. The summed E-state index contributed by atoms with van der Waals surface area (Å²) in [6.45, 7) is 1.74. The molecule has 1 aromatic rings. The predicted octanol–water partition coefficient (Wildman–Crippen LogP) is 1.79. The van der Waals surface area contributed by atoms with Crippen molar-refractivity contribution < 1.29 is 9.59 Å². The van der Waals surface area contributed by atoms with Crippen molar-refractivity contribution in [3.63, 3.8) is 0 Å². The lowest BCUT2D eigenvalue weighted by Gasteiger charge is -2.14. The Balaban J connectivity index is 1.74. The van der Waals surface area contributed by atoms with E-state index in [2.05, 4.69) is 20.8 Å². The molecule has 6 nitrogen and oxygen atoms in total. The highest BCUT2D eigenvalue weighted by molar-refractivity contribution is 8.02. The summed E-state index contributed by atoms with van der Waals surface area (Å²) in [4.78, 5) is 23.5. The first-order valence-corrected chi connectivity index (χ1v) is 7.95. The summed E-state index contributed by atoms with van der Waals surface area (Å²) in [6.07, 6.45) is 4.28. The van der Waals surface area contributed by atoms with Gasteiger partial charge >= 0.3 is 6.03 Å². The van der Waals surface area contributed by atoms with Crippen LogP contribution in [0.4, 0.5) is 4.79 Å². The van der Waals surface area contributed by atoms with E-state index < -0.39 is 6.03 Å². The minimum Gasteiger partial charge on any atom is -0.335 e. The number of amides is 3. The van der Waals surface area contributed by atoms with Crippen molar-refractivity contribution in [3.05, 3.63) is 5.51 Å². The largest absolute Gasteiger partial charge is 0.335 e. The number of nitrogens with one attached hydrogen (secondary N) is 2. The number of hydrogen-bond donors (Lipinski definition) is 2. The Hall–Kier alpha value is -1.15. The van der Waals surface area contributed by atoms with E-state index in [1.165, 1.54) is 23.1 Å². The number of nitrogens with zero attached hydrogens (tertiary/aromatic N) is 2. The highest BCUT2D eigenvalue weighted by Crippen LogP contribution is 2.24. The molecule has 19 heavy (non-hydrogen) atoms. The van der Waals surface area contributed by atoms with Crippen LogP contribution in [0.15, 0.2) is 9.85 Å². The van der Waals surface area contributed by atoms with E-state index in [0.29, 0.717) is 0 Å². The van der Waals surface area contributed by atoms with Crippen molar-refractivity contribution in [3.8, 4) is 0 Å². The second kappa shape index (κ2) is 6.85. The maximum Gasteiger partial charge on any atom is 0.321 e. The van der Waals surface area contributed by atoms with Gasteiger partial charge in [0.25, 0.3) is 0 Å². The molecule has 0 spiro atoms. The first-order chi connectivity index (χ1) is 9.15. The molecule has 1 atom stereocenters. The van der Waals surface area contributed by atoms with E-state index in [-0.39, 0.29) is 17.2 Å². The first-order valence-electron chi connectivity index (χ1n) is 6.19. The molecule has 1 aliphatic rings. The van der Waals surface area contributed by atoms with Gasteiger partial charge in [0.05, 0.1) is 5.25 Å². The summed E-state index contributed by atoms with van der Waals surface area (Å²) in [6, 6.07) is -0.194. The minimum absolute atomic E-state index is 0.207. The zero-order valence-electron chi connectivity index (χ0n) is 10.6. The Morgan fingerprint density at radius 2 is 2.21 bits per heavy atom. The fourth-order valence-electron chi connectivity index (χ4n) is 1.92. The van der Waals surface area contributed by atoms with Gasteiger partial charge in [-0.3, -0.25) is 10.1 Å². The van der Waals surface area contributed by atoms with Gasteiger partial charge in [0.1, 0.15) is 5.51 Å². The van der Waals surface area contributed by atoms with Crippen molar-refractivity contribution in [2.75, 3.05) is 0 Å². The molecular formula is C11H16N4O2S2. The number of hydrogen-bond acceptors (Lipinski definition) is 6. The standard InChI is InChI=1S/C11H16N4O2S2/c1-7(19-11-15-12-6-18-11)9(16)14-10(17)13-8-4-2-3-5-8/h6-8H,2-5H2,1H3,(H2,13,14,16,17)/t7-/m1/s1. The third kappa shape index (κ3) is 4.46. The number of imide groups is 1. The molecule has 2 N–H and O–H groups in total. The minimum atomic E-state index is -0.401. The average molecular weight is 300 g/mol. The van der Waals surface area contributed by atoms with Crippen LogP contribution in [0, 0.1) is 0 Å². The quantitative estimate of drug-likeness (QED) is 0.828. The van der Waals surface area contributed by atoms with Crippen LogP contribution < -0.4 is 10.6 Å². The van der Waals surface area contributed by atoms with E-state index in [4.69, 9.17) is 0 Å². The Bertz CT molecular complexity index is 432. The summed E-state index contributed by atoms with van der Waals surface area (Å²) < 4.78 is 0.721. The van der Waals surface area contributed by atoms with Gasteiger partial charge in [-0.15, -0.1) is 10.2 Å². The van der Waals surface area contributed by atoms with Crippen LogP contribution in [0.3, 0.4) is 0 Å². The van der Waals surface area contributed by atoms with Crippen LogP contribution in [0.5, 0.6) is 0 Å². The average Bonchev–Trinajstić information content (AvgIpc) is 3.01. The lowest BCUT2D eigenvalue weighted by Crippen LogP contribution is -2.45. The monoisotopic (exact) mass is 300 g/mol. The van der Waals surface area contributed by atoms with Gasteiger partial charge < -0.3 is 5.32 Å². The molecule has 1 saturated carbocycles. The lowest BCUT2D eigenvalue weighted by atomic mass is 10.2. The third-order valence-corrected chi connectivity index (χ3v) is 4.83. The summed E-state index contributed by atoms with van der Waals surface area (Å²) in [5, 5.41) is 12.4. The van der Waals surface area contributed by atoms with Crippen molar-refractivity contribution in [2.45, 2.75) is 48.2 Å². The maximum atomic E-state index is 11.8. The zero-order chi connectivity index (χ0) is 13.7. The Labute approximate surface area is 119 Å². The van der Waals surface area contributed by atoms with Crippen LogP contribution in [0.1, 0.15) is 32.6 Å². The van der Waals surface area contributed by atoms with Crippen LogP contribution in [-0.4, -0.2) is 33.4 Å². The van der Waals surface area contributed by atoms with E-state index in [1.54, 1.807) is 12.4 Å². The second-order valence-electron chi connectivity index (χ2n) is 4.41. The van der Waals surface area contributed by atoms with Crippen molar-refractivity contribution in [1.29, 1.82) is 0 Å². The maximum absolute atomic E-state index is 11.8. The molecule has 0 saturated heterocycles. The van der Waals surface area contributed by atoms with Gasteiger partial charge in [-0.25, -0.2) is 4.79 Å². The number of rotatable bonds is 4. The van der Waals surface area contributed by atoms with Crippen LogP contribution in [-0.2, 0) is 4.79 Å². The summed E-state index contributed by atoms with van der Waals surface area (Å²) in [7, 11) is 0. The third-order valence-electron chi connectivity index (χ3n) is 2.91. The molecule has 1 aromatic heterocycles. The normalized spacial score (nSPS) is 17.1. The van der Waals surface area contributed by atoms with Gasteiger partial charge in [0.2, 0.25) is 5.91 Å². The molecule has 1 aliphatic carbocycles. The smallest absolute Gasteiger partial charge is 0.321 e. The summed E-state index contributed by atoms with van der Waals surface area (Å²) >= 11 is 2.67. The Kier molecular flexibility index (Phi) is 5.15. The predicted molar refractivity (Wildman–Crippen MR) is 74.2 cm³/mol. The fraction of sp³-hybridized carbons (Fsp3) is 0.636. The van der Waals surface area contributed by atoms with Crippen molar-refractivity contribution in [2.24, 2.45) is 0 Å². The topological polar surface area (TPSA) is 84.0 Å². The molecule has 2 rings (SSSR count). The summed E-state index contributed by atoms with van der Waals surface area (Å²) in [5.74, 6) is -0.310. The molecule has 0 bridgehead atoms. The van der Waals surface area contributed by atoms with Gasteiger partial charge in [-0.1, -0.05) is 35.9 Å². The van der Waals surface area contributed by atoms with Crippen LogP contribution >= 0.6 is 23.1 Å². The van der Waals surface area contributed by atoms with E-state index >= 15 is 0 Å². The van der Waals surface area contributed by atoms with Crippen molar-refractivity contribution >= 4 is 35.0 Å². The molecule has 8 heteroatoms. The number of carbonyl (C=O) groups is 2. The fourth-order valence-corrected chi connectivity index (χ4v) is 3.55. The molecule has 1 heterocycles. The Morgan fingerprint density at radius 3 is 2.84 bits per heavy atom. The number of aromatic nitrogens is 2. The summed E-state index contributed by atoms with van der Waals surface area (Å²) in [5.41, 5.74) is 1.61. The highest BCUT2D eigenvalue weighted by atomic mass is 32.2. The molecule has 104 valence electrons. The molecular weight excluding hydrogens is 284 g/mol. The van der Waals surface area contributed by atoms with Gasteiger partial charge in [0.15, 0.2) is 4.34 Å². The molecule has 0 radical (unpaired) electrons. The van der Waals surface area contributed by atoms with Crippen molar-refractivity contribution in [1.82, 2.24) is 20.8 Å². The molecule has 3 amide bonds. The first kappa shape index (κ1) is 14.3. The molecule has 1 fully saturated rings. The van der Waals surface area contributed by atoms with E-state index in [1.807, 2.05) is 0 Å². The Morgan fingerprint density at radius 1 is 1.47 bits per heavy atom. The van der Waals surface area contributed by atoms with E-state index in [0.717, 1.165) is 30.0 Å².